The third-order valence-electron chi connectivity index (χ3n) is 3.27. The average molecular weight is 282 g/mol. The maximum absolute atomic E-state index is 13.4. The number of piperidine rings is 1. The van der Waals surface area contributed by atoms with Crippen molar-refractivity contribution in [2.45, 2.75) is 18.8 Å². The second-order valence-corrected chi connectivity index (χ2v) is 5.04. The molecule has 1 atom stereocenters. The molecule has 1 unspecified atom stereocenters. The van der Waals surface area contributed by atoms with Gasteiger partial charge in [0.2, 0.25) is 0 Å². The predicted octanol–water partition coefficient (Wildman–Crippen LogP) is 3.00. The summed E-state index contributed by atoms with van der Waals surface area (Å²) in [5.41, 5.74) is 0.546. The van der Waals surface area contributed by atoms with Crippen LogP contribution in [0.15, 0.2) is 22.7 Å². The molecule has 4 nitrogen and oxygen atoms in total. The third kappa shape index (κ3) is 2.62. The summed E-state index contributed by atoms with van der Waals surface area (Å²) in [6.45, 7) is 1.89. The predicted molar refractivity (Wildman–Crippen MR) is 69.5 cm³/mol. The Morgan fingerprint density at radius 1 is 1.42 bits per heavy atom. The van der Waals surface area contributed by atoms with E-state index in [2.05, 4.69) is 15.5 Å². The fourth-order valence-corrected chi connectivity index (χ4v) is 2.34. The first-order chi connectivity index (χ1) is 9.24. The second kappa shape index (κ2) is 5.27. The summed E-state index contributed by atoms with van der Waals surface area (Å²) in [4.78, 5) is 4.35. The van der Waals surface area contributed by atoms with Crippen LogP contribution in [0.3, 0.4) is 0 Å². The standard InChI is InChI=1S/C13H13ClFN3O/c14-10-4-3-8(6-11(10)15)13-17-12(18-19-13)9-2-1-5-16-7-9/h3-4,6,9,16H,1-2,5,7H2. The normalized spacial score (nSPS) is 19.6. The highest BCUT2D eigenvalue weighted by Gasteiger charge is 2.21. The topological polar surface area (TPSA) is 51.0 Å². The highest BCUT2D eigenvalue weighted by molar-refractivity contribution is 6.30. The summed E-state index contributed by atoms with van der Waals surface area (Å²) in [7, 11) is 0. The van der Waals surface area contributed by atoms with Gasteiger partial charge < -0.3 is 9.84 Å². The van der Waals surface area contributed by atoms with Crippen molar-refractivity contribution in [1.29, 1.82) is 0 Å². The SMILES string of the molecule is Fc1cc(-c2nc(C3CCCNC3)no2)ccc1Cl. The molecular formula is C13H13ClFN3O. The summed E-state index contributed by atoms with van der Waals surface area (Å²) in [6, 6.07) is 4.46. The van der Waals surface area contributed by atoms with E-state index in [1.807, 2.05) is 0 Å². The molecule has 6 heteroatoms. The molecule has 0 saturated carbocycles. The molecule has 0 amide bonds. The third-order valence-corrected chi connectivity index (χ3v) is 3.58. The zero-order chi connectivity index (χ0) is 13.2. The minimum absolute atomic E-state index is 0.0833. The van der Waals surface area contributed by atoms with Crippen molar-refractivity contribution in [3.8, 4) is 11.5 Å². The first-order valence-corrected chi connectivity index (χ1v) is 6.61. The van der Waals surface area contributed by atoms with E-state index in [4.69, 9.17) is 16.1 Å². The maximum atomic E-state index is 13.4. The molecule has 3 rings (SSSR count). The van der Waals surface area contributed by atoms with Crippen LogP contribution in [-0.2, 0) is 0 Å². The number of aromatic nitrogens is 2. The summed E-state index contributed by atoms with van der Waals surface area (Å²) >= 11 is 5.65. The first-order valence-electron chi connectivity index (χ1n) is 6.24. The smallest absolute Gasteiger partial charge is 0.258 e. The lowest BCUT2D eigenvalue weighted by atomic mass is 9.99. The molecule has 0 bridgehead atoms. The van der Waals surface area contributed by atoms with Crippen LogP contribution >= 0.6 is 11.6 Å². The zero-order valence-electron chi connectivity index (χ0n) is 10.2. The van der Waals surface area contributed by atoms with Crippen LogP contribution in [0.4, 0.5) is 4.39 Å². The Bertz CT molecular complexity index is 581. The van der Waals surface area contributed by atoms with Crippen LogP contribution in [0, 0.1) is 5.82 Å². The molecule has 1 aromatic carbocycles. The molecule has 0 aliphatic carbocycles. The molecule has 2 heterocycles. The van der Waals surface area contributed by atoms with E-state index in [9.17, 15) is 4.39 Å². The second-order valence-electron chi connectivity index (χ2n) is 4.63. The Morgan fingerprint density at radius 3 is 3.05 bits per heavy atom. The van der Waals surface area contributed by atoms with Gasteiger partial charge in [-0.25, -0.2) is 4.39 Å². The number of hydrogen-bond acceptors (Lipinski definition) is 4. The number of nitrogens with one attached hydrogen (secondary N) is 1. The summed E-state index contributed by atoms with van der Waals surface area (Å²) in [6.07, 6.45) is 2.14. The van der Waals surface area contributed by atoms with Gasteiger partial charge in [-0.1, -0.05) is 16.8 Å². The number of hydrogen-bond donors (Lipinski definition) is 1. The molecule has 1 aliphatic rings. The van der Waals surface area contributed by atoms with Crippen molar-refractivity contribution >= 4 is 11.6 Å². The van der Waals surface area contributed by atoms with Crippen LogP contribution < -0.4 is 5.32 Å². The lowest BCUT2D eigenvalue weighted by molar-refractivity contribution is 0.393. The van der Waals surface area contributed by atoms with Crippen LogP contribution in [0.2, 0.25) is 5.02 Å². The molecular weight excluding hydrogens is 269 g/mol. The van der Waals surface area contributed by atoms with E-state index < -0.39 is 5.82 Å². The Labute approximate surface area is 115 Å². The molecule has 1 fully saturated rings. The Hall–Kier alpha value is -1.46. The van der Waals surface area contributed by atoms with Crippen molar-refractivity contribution in [2.24, 2.45) is 0 Å². The molecule has 19 heavy (non-hydrogen) atoms. The van der Waals surface area contributed by atoms with E-state index in [0.29, 0.717) is 17.3 Å². The van der Waals surface area contributed by atoms with Crippen molar-refractivity contribution in [3.05, 3.63) is 34.9 Å². The van der Waals surface area contributed by atoms with Gasteiger partial charge >= 0.3 is 0 Å². The monoisotopic (exact) mass is 281 g/mol. The number of nitrogens with zero attached hydrogens (tertiary/aromatic N) is 2. The fraction of sp³-hybridized carbons (Fsp3) is 0.385. The Morgan fingerprint density at radius 2 is 2.32 bits per heavy atom. The van der Waals surface area contributed by atoms with Crippen LogP contribution in [0.5, 0.6) is 0 Å². The Balaban J connectivity index is 1.85. The zero-order valence-corrected chi connectivity index (χ0v) is 11.0. The molecule has 2 aromatic rings. The van der Waals surface area contributed by atoms with Gasteiger partial charge in [0.25, 0.3) is 5.89 Å². The molecule has 1 aromatic heterocycles. The molecule has 1 saturated heterocycles. The minimum Gasteiger partial charge on any atom is -0.334 e. The van der Waals surface area contributed by atoms with Gasteiger partial charge in [0.15, 0.2) is 5.82 Å². The molecule has 1 aliphatic heterocycles. The van der Waals surface area contributed by atoms with Crippen LogP contribution in [0.25, 0.3) is 11.5 Å². The highest BCUT2D eigenvalue weighted by Crippen LogP contribution is 2.26. The minimum atomic E-state index is -0.488. The van der Waals surface area contributed by atoms with Crippen molar-refractivity contribution < 1.29 is 8.91 Å². The van der Waals surface area contributed by atoms with Gasteiger partial charge in [-0.15, -0.1) is 0 Å². The largest absolute Gasteiger partial charge is 0.334 e. The quantitative estimate of drug-likeness (QED) is 0.919. The van der Waals surface area contributed by atoms with Gasteiger partial charge in [-0.3, -0.25) is 0 Å². The van der Waals surface area contributed by atoms with E-state index in [0.717, 1.165) is 25.9 Å². The number of rotatable bonds is 2. The summed E-state index contributed by atoms with van der Waals surface area (Å²) < 4.78 is 18.6. The number of benzene rings is 1. The molecule has 100 valence electrons. The lowest BCUT2D eigenvalue weighted by Gasteiger charge is -2.19. The van der Waals surface area contributed by atoms with Gasteiger partial charge in [-0.05, 0) is 37.6 Å². The Kier molecular flexibility index (Phi) is 3.48. The van der Waals surface area contributed by atoms with Crippen LogP contribution in [0.1, 0.15) is 24.6 Å². The van der Waals surface area contributed by atoms with E-state index >= 15 is 0 Å². The van der Waals surface area contributed by atoms with Gasteiger partial charge in [-0.2, -0.15) is 4.98 Å². The van der Waals surface area contributed by atoms with Gasteiger partial charge in [0.05, 0.1) is 5.02 Å². The average Bonchev–Trinajstić information content (AvgIpc) is 2.93. The highest BCUT2D eigenvalue weighted by atomic mass is 35.5. The van der Waals surface area contributed by atoms with Crippen molar-refractivity contribution in [2.75, 3.05) is 13.1 Å². The molecule has 0 radical (unpaired) electrons. The number of halogens is 2. The van der Waals surface area contributed by atoms with E-state index in [1.54, 1.807) is 6.07 Å². The summed E-state index contributed by atoms with van der Waals surface area (Å²) in [5.74, 6) is 0.787. The molecule has 0 spiro atoms. The van der Waals surface area contributed by atoms with Crippen molar-refractivity contribution in [3.63, 3.8) is 0 Å². The van der Waals surface area contributed by atoms with Crippen LogP contribution in [-0.4, -0.2) is 23.2 Å². The fourth-order valence-electron chi connectivity index (χ4n) is 2.22. The lowest BCUT2D eigenvalue weighted by Crippen LogP contribution is -2.28. The van der Waals surface area contributed by atoms with Gasteiger partial charge in [0.1, 0.15) is 5.82 Å². The van der Waals surface area contributed by atoms with E-state index in [1.165, 1.54) is 12.1 Å². The van der Waals surface area contributed by atoms with Gasteiger partial charge in [0, 0.05) is 18.0 Å². The first kappa shape index (κ1) is 12.6. The van der Waals surface area contributed by atoms with E-state index in [-0.39, 0.29) is 10.9 Å². The van der Waals surface area contributed by atoms with Crippen molar-refractivity contribution in [1.82, 2.24) is 15.5 Å². The summed E-state index contributed by atoms with van der Waals surface area (Å²) in [5, 5.41) is 7.37. The molecule has 1 N–H and O–H groups in total. The maximum Gasteiger partial charge on any atom is 0.258 e.